The SMILES string of the molecule is C#CC1COc2ccc(-c3c(OC)cc(-c4ccc(O)cc4)c(OC)c3O)cc2O1. The van der Waals surface area contributed by atoms with Gasteiger partial charge in [0.1, 0.15) is 18.1 Å². The van der Waals surface area contributed by atoms with E-state index in [9.17, 15) is 10.2 Å². The zero-order chi connectivity index (χ0) is 21.3. The van der Waals surface area contributed by atoms with Crippen LogP contribution < -0.4 is 18.9 Å². The number of aromatic hydroxyl groups is 2. The second-order valence-electron chi connectivity index (χ2n) is 6.68. The molecule has 0 fully saturated rings. The van der Waals surface area contributed by atoms with Crippen molar-refractivity contribution in [2.75, 3.05) is 20.8 Å². The van der Waals surface area contributed by atoms with Gasteiger partial charge in [-0.1, -0.05) is 24.1 Å². The lowest BCUT2D eigenvalue weighted by Crippen LogP contribution is -2.27. The Kier molecular flexibility index (Phi) is 5.03. The van der Waals surface area contributed by atoms with Crippen molar-refractivity contribution in [1.82, 2.24) is 0 Å². The van der Waals surface area contributed by atoms with Crippen LogP contribution in [0.4, 0.5) is 0 Å². The van der Waals surface area contributed by atoms with Gasteiger partial charge >= 0.3 is 0 Å². The summed E-state index contributed by atoms with van der Waals surface area (Å²) in [7, 11) is 3.01. The zero-order valence-electron chi connectivity index (χ0n) is 16.5. The van der Waals surface area contributed by atoms with Crippen molar-refractivity contribution in [1.29, 1.82) is 0 Å². The standard InChI is InChI=1S/C24H20O6/c1-4-17-13-29-19-10-7-15(11-20(19)30-17)22-21(27-2)12-18(24(28-3)23(22)26)14-5-8-16(25)9-6-14/h1,5-12,17,25-26H,13H2,2-3H3. The third kappa shape index (κ3) is 3.31. The average Bonchev–Trinajstić information content (AvgIpc) is 2.78. The van der Waals surface area contributed by atoms with Crippen LogP contribution >= 0.6 is 0 Å². The molecule has 1 aliphatic heterocycles. The van der Waals surface area contributed by atoms with E-state index in [1.165, 1.54) is 14.2 Å². The molecule has 6 heteroatoms. The van der Waals surface area contributed by atoms with Gasteiger partial charge in [-0.25, -0.2) is 0 Å². The number of terminal acetylenes is 1. The van der Waals surface area contributed by atoms with Gasteiger partial charge < -0.3 is 29.2 Å². The van der Waals surface area contributed by atoms with E-state index in [2.05, 4.69) is 5.92 Å². The van der Waals surface area contributed by atoms with Gasteiger partial charge in [0, 0.05) is 5.56 Å². The van der Waals surface area contributed by atoms with E-state index >= 15 is 0 Å². The van der Waals surface area contributed by atoms with Gasteiger partial charge in [0.05, 0.1) is 19.8 Å². The van der Waals surface area contributed by atoms with E-state index in [1.54, 1.807) is 48.5 Å². The number of fused-ring (bicyclic) bond motifs is 1. The predicted octanol–water partition coefficient (Wildman–Crippen LogP) is 4.22. The van der Waals surface area contributed by atoms with Crippen LogP contribution in [0.3, 0.4) is 0 Å². The highest BCUT2D eigenvalue weighted by Crippen LogP contribution is 2.50. The van der Waals surface area contributed by atoms with Gasteiger partial charge in [0.15, 0.2) is 29.1 Å². The number of phenolic OH excluding ortho intramolecular Hbond substituents is 2. The Balaban J connectivity index is 1.87. The minimum absolute atomic E-state index is 0.0786. The summed E-state index contributed by atoms with van der Waals surface area (Å²) in [5.41, 5.74) is 2.48. The minimum atomic E-state index is -0.477. The van der Waals surface area contributed by atoms with Crippen LogP contribution in [-0.4, -0.2) is 37.1 Å². The molecule has 6 nitrogen and oxygen atoms in total. The quantitative estimate of drug-likeness (QED) is 0.634. The lowest BCUT2D eigenvalue weighted by Gasteiger charge is -2.24. The largest absolute Gasteiger partial charge is 0.508 e. The number of hydrogen-bond acceptors (Lipinski definition) is 6. The first-order valence-electron chi connectivity index (χ1n) is 9.23. The van der Waals surface area contributed by atoms with Gasteiger partial charge in [-0.15, -0.1) is 6.42 Å². The van der Waals surface area contributed by atoms with E-state index in [1.807, 2.05) is 0 Å². The first kappa shape index (κ1) is 19.3. The van der Waals surface area contributed by atoms with E-state index in [4.69, 9.17) is 25.4 Å². The topological polar surface area (TPSA) is 77.4 Å². The van der Waals surface area contributed by atoms with Gasteiger partial charge in [-0.05, 0) is 41.5 Å². The molecule has 0 amide bonds. The molecule has 0 aliphatic carbocycles. The third-order valence-corrected chi connectivity index (χ3v) is 4.90. The van der Waals surface area contributed by atoms with Gasteiger partial charge in [0.25, 0.3) is 0 Å². The number of benzene rings is 3. The van der Waals surface area contributed by atoms with Crippen molar-refractivity contribution in [2.24, 2.45) is 0 Å². The first-order valence-corrected chi connectivity index (χ1v) is 9.23. The highest BCUT2D eigenvalue weighted by Gasteiger charge is 2.24. The summed E-state index contributed by atoms with van der Waals surface area (Å²) in [6, 6.07) is 13.7. The second kappa shape index (κ2) is 7.80. The fourth-order valence-electron chi connectivity index (χ4n) is 3.44. The number of methoxy groups -OCH3 is 2. The van der Waals surface area contributed by atoms with Crippen LogP contribution in [-0.2, 0) is 0 Å². The Morgan fingerprint density at radius 3 is 2.37 bits per heavy atom. The fraction of sp³-hybridized carbons (Fsp3) is 0.167. The van der Waals surface area contributed by atoms with Gasteiger partial charge in [-0.3, -0.25) is 0 Å². The Bertz CT molecular complexity index is 1130. The van der Waals surface area contributed by atoms with E-state index in [0.717, 1.165) is 5.56 Å². The molecule has 0 aromatic heterocycles. The summed E-state index contributed by atoms with van der Waals surface area (Å²) in [6.07, 6.45) is 4.97. The molecular formula is C24H20O6. The van der Waals surface area contributed by atoms with Crippen LogP contribution in [0, 0.1) is 12.3 Å². The molecule has 1 unspecified atom stereocenters. The molecular weight excluding hydrogens is 384 g/mol. The molecule has 1 heterocycles. The number of hydrogen-bond donors (Lipinski definition) is 2. The van der Waals surface area contributed by atoms with Crippen molar-refractivity contribution in [3.63, 3.8) is 0 Å². The van der Waals surface area contributed by atoms with Crippen LogP contribution in [0.25, 0.3) is 22.3 Å². The molecule has 152 valence electrons. The fourth-order valence-corrected chi connectivity index (χ4v) is 3.44. The van der Waals surface area contributed by atoms with Crippen molar-refractivity contribution in [2.45, 2.75) is 6.10 Å². The lowest BCUT2D eigenvalue weighted by molar-refractivity contribution is 0.129. The normalized spacial score (nSPS) is 14.6. The molecule has 4 rings (SSSR count). The van der Waals surface area contributed by atoms with Crippen molar-refractivity contribution in [3.8, 4) is 69.1 Å². The Morgan fingerprint density at radius 2 is 1.70 bits per heavy atom. The number of rotatable bonds is 4. The highest BCUT2D eigenvalue weighted by atomic mass is 16.6. The molecule has 1 aliphatic rings. The minimum Gasteiger partial charge on any atom is -0.508 e. The molecule has 0 radical (unpaired) electrons. The smallest absolute Gasteiger partial charge is 0.192 e. The molecule has 3 aromatic rings. The molecule has 3 aromatic carbocycles. The highest BCUT2D eigenvalue weighted by molar-refractivity contribution is 5.88. The zero-order valence-corrected chi connectivity index (χ0v) is 16.5. The maximum atomic E-state index is 11.1. The Hall–Kier alpha value is -3.98. The molecule has 30 heavy (non-hydrogen) atoms. The van der Waals surface area contributed by atoms with Gasteiger partial charge in [-0.2, -0.15) is 0 Å². The van der Waals surface area contributed by atoms with Gasteiger partial charge in [0.2, 0.25) is 0 Å². The lowest BCUT2D eigenvalue weighted by atomic mass is 9.96. The van der Waals surface area contributed by atoms with Crippen LogP contribution in [0.1, 0.15) is 0 Å². The van der Waals surface area contributed by atoms with Crippen LogP contribution in [0.15, 0.2) is 48.5 Å². The van der Waals surface area contributed by atoms with E-state index in [-0.39, 0.29) is 23.9 Å². The summed E-state index contributed by atoms with van der Waals surface area (Å²) in [5.74, 6) is 4.39. The summed E-state index contributed by atoms with van der Waals surface area (Å²) < 4.78 is 22.5. The molecule has 0 spiro atoms. The maximum Gasteiger partial charge on any atom is 0.192 e. The summed E-state index contributed by atoms with van der Waals surface area (Å²) in [4.78, 5) is 0. The van der Waals surface area contributed by atoms with Crippen molar-refractivity contribution < 1.29 is 29.2 Å². The number of phenols is 2. The Morgan fingerprint density at radius 1 is 0.967 bits per heavy atom. The van der Waals surface area contributed by atoms with Crippen LogP contribution in [0.2, 0.25) is 0 Å². The average molecular weight is 404 g/mol. The molecule has 2 N–H and O–H groups in total. The van der Waals surface area contributed by atoms with E-state index < -0.39 is 6.10 Å². The maximum absolute atomic E-state index is 11.1. The number of ether oxygens (including phenoxy) is 4. The van der Waals surface area contributed by atoms with Crippen LogP contribution in [0.5, 0.6) is 34.5 Å². The second-order valence-corrected chi connectivity index (χ2v) is 6.68. The third-order valence-electron chi connectivity index (χ3n) is 4.90. The van der Waals surface area contributed by atoms with Crippen molar-refractivity contribution >= 4 is 0 Å². The molecule has 0 bridgehead atoms. The molecule has 0 saturated heterocycles. The van der Waals surface area contributed by atoms with E-state index in [0.29, 0.717) is 33.9 Å². The monoisotopic (exact) mass is 404 g/mol. The summed E-state index contributed by atoms with van der Waals surface area (Å²) >= 11 is 0. The predicted molar refractivity (Wildman–Crippen MR) is 112 cm³/mol. The summed E-state index contributed by atoms with van der Waals surface area (Å²) in [5, 5.41) is 20.7. The summed E-state index contributed by atoms with van der Waals surface area (Å²) in [6.45, 7) is 0.284. The van der Waals surface area contributed by atoms with Crippen molar-refractivity contribution in [3.05, 3.63) is 48.5 Å². The Labute approximate surface area is 174 Å². The molecule has 0 saturated carbocycles. The first-order chi connectivity index (χ1) is 14.5. The molecule has 1 atom stereocenters.